The molecule has 0 unspecified atom stereocenters. The summed E-state index contributed by atoms with van der Waals surface area (Å²) in [6.07, 6.45) is 4.77. The third-order valence-electron chi connectivity index (χ3n) is 7.24. The lowest BCUT2D eigenvalue weighted by atomic mass is 10.0. The average molecular weight is 564 g/mol. The number of fused-ring (bicyclic) bond motifs is 1. The molecule has 0 atom stereocenters. The Morgan fingerprint density at radius 1 is 0.976 bits per heavy atom. The number of ether oxygens (including phenoxy) is 1. The fourth-order valence-electron chi connectivity index (χ4n) is 4.96. The highest BCUT2D eigenvalue weighted by atomic mass is 16.5. The molecule has 2 aromatic carbocycles. The molecule has 0 bridgehead atoms. The van der Waals surface area contributed by atoms with Crippen molar-refractivity contribution in [3.8, 4) is 5.75 Å². The van der Waals surface area contributed by atoms with E-state index in [-0.39, 0.29) is 12.3 Å². The van der Waals surface area contributed by atoms with Crippen LogP contribution in [0.25, 0.3) is 10.9 Å². The number of aromatic nitrogens is 2. The zero-order chi connectivity index (χ0) is 28.9. The molecule has 0 saturated carbocycles. The molecule has 1 aliphatic rings. The van der Waals surface area contributed by atoms with Gasteiger partial charge in [0, 0.05) is 63.1 Å². The summed E-state index contributed by atoms with van der Waals surface area (Å²) in [5, 5.41) is 19.3. The standard InChI is InChI=1S/C30H41N7O4/c1-41-24-12-13-25-26(20-24)34-30(32-17-16-31-27(38)10-6-3-7-11-28(39)36-40)35-29(25)33-23-14-18-37(19-15-23)21-22-8-4-2-5-9-22/h2,4-5,8-9,12-13,20,23,40H,3,6-7,10-11,14-19,21H2,1H3,(H,31,38)(H,36,39)(H2,32,33,34,35). The molecular formula is C30H41N7O4. The summed E-state index contributed by atoms with van der Waals surface area (Å²) in [5.74, 6) is 1.57. The van der Waals surface area contributed by atoms with Crippen molar-refractivity contribution in [1.82, 2.24) is 25.7 Å². The van der Waals surface area contributed by atoms with E-state index < -0.39 is 5.91 Å². The highest BCUT2D eigenvalue weighted by Crippen LogP contribution is 2.28. The summed E-state index contributed by atoms with van der Waals surface area (Å²) >= 11 is 0. The van der Waals surface area contributed by atoms with E-state index in [0.717, 1.165) is 61.4 Å². The Balaban J connectivity index is 1.28. The van der Waals surface area contributed by atoms with E-state index in [4.69, 9.17) is 19.9 Å². The SMILES string of the molecule is COc1ccc2c(NC3CCN(Cc4ccccc4)CC3)nc(NCCNC(=O)CCCCCC(=O)NO)nc2c1. The van der Waals surface area contributed by atoms with Crippen LogP contribution in [0.4, 0.5) is 11.8 Å². The molecule has 4 rings (SSSR count). The summed E-state index contributed by atoms with van der Waals surface area (Å²) in [7, 11) is 1.64. The first kappa shape index (κ1) is 30.0. The Bertz CT molecular complexity index is 1270. The van der Waals surface area contributed by atoms with E-state index in [1.54, 1.807) is 12.6 Å². The Labute approximate surface area is 241 Å². The molecule has 5 N–H and O–H groups in total. The number of unbranched alkanes of at least 4 members (excludes halogenated alkanes) is 2. The van der Waals surface area contributed by atoms with Gasteiger partial charge in [-0.05, 0) is 43.4 Å². The number of nitrogens with one attached hydrogen (secondary N) is 4. The van der Waals surface area contributed by atoms with Gasteiger partial charge < -0.3 is 20.7 Å². The van der Waals surface area contributed by atoms with Crippen LogP contribution in [0.3, 0.4) is 0 Å². The van der Waals surface area contributed by atoms with Crippen LogP contribution < -0.4 is 26.2 Å². The number of anilines is 2. The van der Waals surface area contributed by atoms with Crippen molar-refractivity contribution in [2.75, 3.05) is 43.9 Å². The number of rotatable bonds is 15. The summed E-state index contributed by atoms with van der Waals surface area (Å²) in [6, 6.07) is 16.7. The monoisotopic (exact) mass is 563 g/mol. The number of carbonyl (C=O) groups is 2. The van der Waals surface area contributed by atoms with Crippen molar-refractivity contribution in [2.45, 2.75) is 57.5 Å². The van der Waals surface area contributed by atoms with Gasteiger partial charge in [0.1, 0.15) is 11.6 Å². The van der Waals surface area contributed by atoms with Crippen molar-refractivity contribution >= 4 is 34.5 Å². The number of hydrogen-bond donors (Lipinski definition) is 5. The van der Waals surface area contributed by atoms with Crippen LogP contribution in [0.2, 0.25) is 0 Å². The molecule has 1 saturated heterocycles. The lowest BCUT2D eigenvalue weighted by Gasteiger charge is -2.32. The first-order valence-corrected chi connectivity index (χ1v) is 14.4. The Hall–Kier alpha value is -3.96. The van der Waals surface area contributed by atoms with Crippen LogP contribution in [-0.2, 0) is 16.1 Å². The van der Waals surface area contributed by atoms with Gasteiger partial charge in [-0.25, -0.2) is 10.5 Å². The molecule has 2 amide bonds. The molecular weight excluding hydrogens is 522 g/mol. The number of nitrogens with zero attached hydrogens (tertiary/aromatic N) is 3. The number of piperidine rings is 1. The van der Waals surface area contributed by atoms with Crippen molar-refractivity contribution in [1.29, 1.82) is 0 Å². The summed E-state index contributed by atoms with van der Waals surface area (Å²) in [4.78, 5) is 35.1. The van der Waals surface area contributed by atoms with Gasteiger partial charge in [0.15, 0.2) is 0 Å². The number of benzene rings is 2. The molecule has 3 aromatic rings. The largest absolute Gasteiger partial charge is 0.497 e. The molecule has 220 valence electrons. The van der Waals surface area contributed by atoms with Gasteiger partial charge in [-0.2, -0.15) is 4.98 Å². The Morgan fingerprint density at radius 2 is 1.73 bits per heavy atom. The van der Waals surface area contributed by atoms with Gasteiger partial charge in [0.05, 0.1) is 12.6 Å². The first-order valence-electron chi connectivity index (χ1n) is 14.4. The fourth-order valence-corrected chi connectivity index (χ4v) is 4.96. The molecule has 0 spiro atoms. The van der Waals surface area contributed by atoms with Crippen molar-refractivity contribution in [3.05, 3.63) is 54.1 Å². The summed E-state index contributed by atoms with van der Waals surface area (Å²) < 4.78 is 5.42. The molecule has 1 aliphatic heterocycles. The third-order valence-corrected chi connectivity index (χ3v) is 7.24. The normalized spacial score (nSPS) is 14.0. The molecule has 11 heteroatoms. The minimum atomic E-state index is -0.405. The smallest absolute Gasteiger partial charge is 0.243 e. The van der Waals surface area contributed by atoms with Crippen molar-refractivity contribution in [3.63, 3.8) is 0 Å². The molecule has 11 nitrogen and oxygen atoms in total. The molecule has 0 aliphatic carbocycles. The second-order valence-electron chi connectivity index (χ2n) is 10.3. The van der Waals surface area contributed by atoms with Gasteiger partial charge in [-0.3, -0.25) is 19.7 Å². The number of carbonyl (C=O) groups excluding carboxylic acids is 2. The maximum Gasteiger partial charge on any atom is 0.243 e. The minimum Gasteiger partial charge on any atom is -0.497 e. The van der Waals surface area contributed by atoms with E-state index in [1.807, 2.05) is 18.2 Å². The molecule has 1 fully saturated rings. The summed E-state index contributed by atoms with van der Waals surface area (Å²) in [5.41, 5.74) is 3.73. The molecule has 41 heavy (non-hydrogen) atoms. The Morgan fingerprint density at radius 3 is 2.46 bits per heavy atom. The van der Waals surface area contributed by atoms with Gasteiger partial charge in [-0.1, -0.05) is 36.8 Å². The first-order chi connectivity index (χ1) is 20.0. The lowest BCUT2D eigenvalue weighted by Crippen LogP contribution is -2.38. The van der Waals surface area contributed by atoms with Crippen LogP contribution in [0, 0.1) is 0 Å². The van der Waals surface area contributed by atoms with Crippen LogP contribution in [-0.4, -0.2) is 71.2 Å². The number of amides is 2. The zero-order valence-electron chi connectivity index (χ0n) is 23.7. The van der Waals surface area contributed by atoms with E-state index in [9.17, 15) is 9.59 Å². The fraction of sp³-hybridized carbons (Fsp3) is 0.467. The van der Waals surface area contributed by atoms with Crippen LogP contribution in [0.5, 0.6) is 5.75 Å². The highest BCUT2D eigenvalue weighted by Gasteiger charge is 2.21. The number of methoxy groups -OCH3 is 1. The minimum absolute atomic E-state index is 0.0384. The van der Waals surface area contributed by atoms with Crippen LogP contribution in [0.15, 0.2) is 48.5 Å². The molecule has 2 heterocycles. The lowest BCUT2D eigenvalue weighted by molar-refractivity contribution is -0.129. The quantitative estimate of drug-likeness (QED) is 0.106. The van der Waals surface area contributed by atoms with Crippen LogP contribution >= 0.6 is 0 Å². The average Bonchev–Trinajstić information content (AvgIpc) is 3.00. The number of hydrogen-bond acceptors (Lipinski definition) is 9. The van der Waals surface area contributed by atoms with E-state index in [0.29, 0.717) is 44.3 Å². The van der Waals surface area contributed by atoms with E-state index >= 15 is 0 Å². The van der Waals surface area contributed by atoms with Crippen molar-refractivity contribution < 1.29 is 19.5 Å². The molecule has 1 aromatic heterocycles. The zero-order valence-corrected chi connectivity index (χ0v) is 23.7. The topological polar surface area (TPSA) is 141 Å². The number of hydroxylamine groups is 1. The van der Waals surface area contributed by atoms with Gasteiger partial charge in [0.25, 0.3) is 0 Å². The second-order valence-corrected chi connectivity index (χ2v) is 10.3. The second kappa shape index (κ2) is 15.7. The van der Waals surface area contributed by atoms with Gasteiger partial charge >= 0.3 is 0 Å². The number of likely N-dealkylation sites (tertiary alicyclic amines) is 1. The third kappa shape index (κ3) is 9.58. The Kier molecular flexibility index (Phi) is 11.5. The summed E-state index contributed by atoms with van der Waals surface area (Å²) in [6.45, 7) is 3.93. The predicted octanol–water partition coefficient (Wildman–Crippen LogP) is 3.70. The van der Waals surface area contributed by atoms with Crippen LogP contribution in [0.1, 0.15) is 50.5 Å². The van der Waals surface area contributed by atoms with E-state index in [1.165, 1.54) is 5.56 Å². The van der Waals surface area contributed by atoms with Gasteiger partial charge in [0.2, 0.25) is 17.8 Å². The molecule has 0 radical (unpaired) electrons. The maximum absolute atomic E-state index is 12.1. The highest BCUT2D eigenvalue weighted by molar-refractivity contribution is 5.91. The van der Waals surface area contributed by atoms with Gasteiger partial charge in [-0.15, -0.1) is 0 Å². The van der Waals surface area contributed by atoms with E-state index in [2.05, 4.69) is 51.2 Å². The maximum atomic E-state index is 12.1. The predicted molar refractivity (Wildman–Crippen MR) is 159 cm³/mol. The van der Waals surface area contributed by atoms with Crippen molar-refractivity contribution in [2.24, 2.45) is 0 Å².